The fourth-order valence-corrected chi connectivity index (χ4v) is 14.0. The number of hydrogen-bond acceptors (Lipinski definition) is 14. The molecule has 9 aliphatic rings. The maximum absolute atomic E-state index is 12.6. The molecule has 9 aliphatic carbocycles. The Hall–Kier alpha value is -3.84. The average Bonchev–Trinajstić information content (AvgIpc) is 4.28. The lowest BCUT2D eigenvalue weighted by Crippen LogP contribution is -2.50. The summed E-state index contributed by atoms with van der Waals surface area (Å²) in [5.41, 5.74) is -0.213. The van der Waals surface area contributed by atoms with Gasteiger partial charge in [0.25, 0.3) is 0 Å². The zero-order chi connectivity index (χ0) is 56.1. The van der Waals surface area contributed by atoms with Gasteiger partial charge in [-0.15, -0.1) is 0 Å². The maximum atomic E-state index is 12.6. The van der Waals surface area contributed by atoms with Crippen LogP contribution in [0.25, 0.3) is 0 Å². The molecule has 9 fully saturated rings. The number of fused-ring (bicyclic) bond motifs is 4. The van der Waals surface area contributed by atoms with Crippen LogP contribution in [0.1, 0.15) is 229 Å². The molecule has 9 saturated carbocycles. The van der Waals surface area contributed by atoms with Crippen LogP contribution in [0.4, 0.5) is 0 Å². The van der Waals surface area contributed by atoms with E-state index in [1.807, 2.05) is 48.5 Å². The minimum atomic E-state index is -0.399. The van der Waals surface area contributed by atoms with E-state index in [0.29, 0.717) is 68.2 Å². The Bertz CT molecular complexity index is 1870. The van der Waals surface area contributed by atoms with Crippen molar-refractivity contribution in [2.75, 3.05) is 33.0 Å². The van der Waals surface area contributed by atoms with Gasteiger partial charge >= 0.3 is 35.8 Å². The first-order chi connectivity index (χ1) is 36.9. The molecule has 0 heterocycles. The number of esters is 6. The molecule has 14 heteroatoms. The summed E-state index contributed by atoms with van der Waals surface area (Å²) in [7, 11) is 0. The first-order valence-corrected chi connectivity index (χ1v) is 31.0. The first-order valence-electron chi connectivity index (χ1n) is 31.0. The van der Waals surface area contributed by atoms with Crippen LogP contribution in [-0.2, 0) is 66.8 Å². The quantitative estimate of drug-likeness (QED) is 0.0476. The zero-order valence-electron chi connectivity index (χ0n) is 48.9. The zero-order valence-corrected chi connectivity index (χ0v) is 48.9. The highest BCUT2D eigenvalue weighted by molar-refractivity contribution is 5.82. The molecule has 0 aromatic carbocycles. The van der Waals surface area contributed by atoms with Crippen molar-refractivity contribution in [2.45, 2.75) is 235 Å². The number of rotatable bonds is 25. The largest absolute Gasteiger partial charge is 0.465 e. The number of carbonyl (C=O) groups excluding carboxylic acids is 8. The molecule has 0 N–H and O–H groups in total. The van der Waals surface area contributed by atoms with Crippen molar-refractivity contribution < 1.29 is 66.8 Å². The molecule has 0 saturated heterocycles. The fraction of sp³-hybridized carbons (Fsp3) is 0.873. The van der Waals surface area contributed by atoms with E-state index < -0.39 is 5.97 Å². The second-order valence-electron chi connectivity index (χ2n) is 25.1. The van der Waals surface area contributed by atoms with E-state index in [-0.39, 0.29) is 90.8 Å². The Labute approximate surface area is 462 Å². The second-order valence-corrected chi connectivity index (χ2v) is 25.1. The Morgan fingerprint density at radius 1 is 0.442 bits per heavy atom. The highest BCUT2D eigenvalue weighted by Crippen LogP contribution is 2.60. The van der Waals surface area contributed by atoms with Crippen molar-refractivity contribution in [3.8, 4) is 0 Å². The molecule has 14 nitrogen and oxygen atoms in total. The van der Waals surface area contributed by atoms with Gasteiger partial charge in [0.05, 0.1) is 42.3 Å². The lowest BCUT2D eigenvalue weighted by molar-refractivity contribution is -0.174. The average molecular weight is 1080 g/mol. The Balaban J connectivity index is 0.000000190. The molecule has 10 atom stereocenters. The minimum Gasteiger partial charge on any atom is -0.465 e. The summed E-state index contributed by atoms with van der Waals surface area (Å²) in [5, 5.41) is 0. The molecule has 0 aromatic rings. The highest BCUT2D eigenvalue weighted by atomic mass is 16.6. The van der Waals surface area contributed by atoms with E-state index in [1.54, 1.807) is 6.92 Å². The van der Waals surface area contributed by atoms with Crippen LogP contribution >= 0.6 is 0 Å². The predicted molar refractivity (Wildman–Crippen MR) is 293 cm³/mol. The predicted octanol–water partition coefficient (Wildman–Crippen LogP) is 12.5. The van der Waals surface area contributed by atoms with Crippen molar-refractivity contribution in [1.82, 2.24) is 0 Å². The summed E-state index contributed by atoms with van der Waals surface area (Å²) in [6, 6.07) is 0. The Morgan fingerprint density at radius 3 is 1.32 bits per heavy atom. The highest BCUT2D eigenvalue weighted by Gasteiger charge is 2.55. The van der Waals surface area contributed by atoms with Crippen LogP contribution in [0.3, 0.4) is 0 Å². The van der Waals surface area contributed by atoms with Crippen LogP contribution in [0.5, 0.6) is 0 Å². The number of hydrogen-bond donors (Lipinski definition) is 0. The van der Waals surface area contributed by atoms with Crippen molar-refractivity contribution in [3.63, 3.8) is 0 Å². The summed E-state index contributed by atoms with van der Waals surface area (Å²) >= 11 is 0. The van der Waals surface area contributed by atoms with Gasteiger partial charge in [0.1, 0.15) is 30.9 Å². The van der Waals surface area contributed by atoms with E-state index >= 15 is 0 Å². The monoisotopic (exact) mass is 1080 g/mol. The van der Waals surface area contributed by atoms with Gasteiger partial charge in [0.2, 0.25) is 0 Å². The van der Waals surface area contributed by atoms with Gasteiger partial charge in [-0.25, -0.2) is 4.79 Å². The Kier molecular flexibility index (Phi) is 26.9. The van der Waals surface area contributed by atoms with Crippen LogP contribution < -0.4 is 0 Å². The molecular formula is C63H102O14. The minimum absolute atomic E-state index is 0.0266. The number of carbonyl (C=O) groups is 8. The van der Waals surface area contributed by atoms with Gasteiger partial charge in [0.15, 0.2) is 6.61 Å². The summed E-state index contributed by atoms with van der Waals surface area (Å²) < 4.78 is 31.3. The summed E-state index contributed by atoms with van der Waals surface area (Å²) in [4.78, 5) is 94.1. The topological polar surface area (TPSA) is 192 Å². The summed E-state index contributed by atoms with van der Waals surface area (Å²) in [6.45, 7) is 16.1. The molecule has 438 valence electrons. The number of ketones is 2. The van der Waals surface area contributed by atoms with E-state index in [9.17, 15) is 38.4 Å². The van der Waals surface area contributed by atoms with Crippen molar-refractivity contribution in [3.05, 3.63) is 0 Å². The maximum Gasteiger partial charge on any atom is 0.344 e. The molecule has 10 unspecified atom stereocenters. The molecule has 0 radical (unpaired) electrons. The van der Waals surface area contributed by atoms with Crippen LogP contribution in [0, 0.1) is 82.3 Å². The molecular weight excluding hydrogens is 981 g/mol. The van der Waals surface area contributed by atoms with Gasteiger partial charge in [-0.3, -0.25) is 33.6 Å². The van der Waals surface area contributed by atoms with Gasteiger partial charge < -0.3 is 28.4 Å². The lowest BCUT2D eigenvalue weighted by Gasteiger charge is -2.55. The lowest BCUT2D eigenvalue weighted by atomic mass is 9.49. The molecule has 8 bridgehead atoms. The van der Waals surface area contributed by atoms with Gasteiger partial charge in [-0.2, -0.15) is 0 Å². The standard InChI is InChI=1S/C18H28O4.C16H26O3.C15H26O3.C14H22O4/c1-3-12(2)16(19)21-4-5-22-17(20)18-9-13-6-14(10-18)8-15(7-13)11-18;1-3-11(2)16(18)19-8-4-5-15(17)14-10-12-6-7-13(14)9-12;1-3-12(2)15(17)18-11-7-10-14(16)13-8-5-4-6-9-13;1-3-9(2)14(16)17-8-13(15)18-12-7-10-4-5-11(12)6-10/h12-15H,3-11H2,1-2H3;11-14H,3-10H2,1-2H3;12-13H,3-11H2,1-2H3;9-12H,3-8H2,1-2H3. The van der Waals surface area contributed by atoms with E-state index in [2.05, 4.69) is 0 Å². The van der Waals surface area contributed by atoms with Gasteiger partial charge in [-0.05, 0) is 176 Å². The van der Waals surface area contributed by atoms with E-state index in [1.165, 1.54) is 77.0 Å². The van der Waals surface area contributed by atoms with Gasteiger partial charge in [-0.1, -0.05) is 81.1 Å². The molecule has 0 spiro atoms. The number of ether oxygens (including phenoxy) is 6. The second kappa shape index (κ2) is 32.4. The molecule has 0 amide bonds. The molecule has 9 rings (SSSR count). The fourth-order valence-electron chi connectivity index (χ4n) is 14.0. The molecule has 0 aliphatic heterocycles. The van der Waals surface area contributed by atoms with Crippen LogP contribution in [-0.4, -0.2) is 86.5 Å². The Morgan fingerprint density at radius 2 is 0.883 bits per heavy atom. The summed E-state index contributed by atoms with van der Waals surface area (Å²) in [5.74, 6) is 4.87. The first kappa shape index (κ1) is 64.0. The van der Waals surface area contributed by atoms with E-state index in [4.69, 9.17) is 28.4 Å². The normalized spacial score (nSPS) is 29.6. The van der Waals surface area contributed by atoms with Crippen LogP contribution in [0.2, 0.25) is 0 Å². The third-order valence-electron chi connectivity index (χ3n) is 19.2. The SMILES string of the molecule is CCC(C)C(=O)OCC(=O)OC1CC2CCC1C2.CCC(C)C(=O)OCCCC(=O)C1CC2CCC1C2.CCC(C)C(=O)OCCCC(=O)C1CCCCC1.CCC(C)C(=O)OCCOC(=O)C12CC3CC(CC(C3)C1)C2. The third kappa shape index (κ3) is 20.0. The smallest absolute Gasteiger partial charge is 0.344 e. The third-order valence-corrected chi connectivity index (χ3v) is 19.2. The van der Waals surface area contributed by atoms with Gasteiger partial charge in [0, 0.05) is 24.7 Å². The van der Waals surface area contributed by atoms with Crippen molar-refractivity contribution in [1.29, 1.82) is 0 Å². The summed E-state index contributed by atoms with van der Waals surface area (Å²) in [6.07, 6.45) is 28.1. The van der Waals surface area contributed by atoms with Crippen molar-refractivity contribution in [2.24, 2.45) is 82.3 Å². The molecule has 0 aromatic heterocycles. The van der Waals surface area contributed by atoms with Crippen LogP contribution in [0.15, 0.2) is 0 Å². The molecule has 77 heavy (non-hydrogen) atoms. The van der Waals surface area contributed by atoms with Crippen molar-refractivity contribution >= 4 is 47.4 Å². The number of Topliss-reactive ketones (excluding diaryl/α,β-unsaturated/α-hetero) is 2. The van der Waals surface area contributed by atoms with E-state index in [0.717, 1.165) is 100 Å².